The highest BCUT2D eigenvalue weighted by molar-refractivity contribution is 6.07. The topological polar surface area (TPSA) is 332 Å². The number of phenols is 2. The van der Waals surface area contributed by atoms with Gasteiger partial charge in [-0.25, -0.2) is 38.3 Å². The summed E-state index contributed by atoms with van der Waals surface area (Å²) in [5, 5.41) is 51.2. The monoisotopic (exact) mass is 1270 g/mol. The van der Waals surface area contributed by atoms with Crippen LogP contribution in [-0.4, -0.2) is 142 Å². The van der Waals surface area contributed by atoms with Crippen molar-refractivity contribution in [1.82, 2.24) is 19.9 Å². The van der Waals surface area contributed by atoms with Crippen LogP contribution in [0.1, 0.15) is 79.4 Å². The minimum absolute atomic E-state index is 0.112. The zero-order valence-electron chi connectivity index (χ0n) is 53.6. The molecule has 4 amide bonds. The van der Waals surface area contributed by atoms with E-state index in [9.17, 15) is 48.4 Å². The second-order valence-corrected chi connectivity index (χ2v) is 23.6. The van der Waals surface area contributed by atoms with Gasteiger partial charge in [-0.15, -0.1) is 0 Å². The number of hydrogen-bond donors (Lipinski definition) is 8. The van der Waals surface area contributed by atoms with Crippen LogP contribution in [0.4, 0.5) is 29.7 Å². The number of nitrogens with two attached hydrogens (primary N) is 2. The fourth-order valence-electron chi connectivity index (χ4n) is 11.5. The number of carbonyl (C=O) groups excluding carboxylic acids is 4. The molecule has 24 heteroatoms. The fourth-order valence-corrected chi connectivity index (χ4v) is 11.5. The molecule has 0 aliphatic carbocycles. The molecule has 22 nitrogen and oxygen atoms in total. The molecule has 2 aromatic heterocycles. The third-order valence-corrected chi connectivity index (χ3v) is 16.4. The maximum Gasteiger partial charge on any atom is 0.405 e. The number of fused-ring (bicyclic) bond motifs is 10. The quantitative estimate of drug-likeness (QED) is 0.0436. The first kappa shape index (κ1) is 70.7. The number of aliphatic hydroxyl groups excluding tert-OH is 2. The molecule has 4 aromatic carbocycles. The molecule has 0 radical (unpaired) electrons. The molecule has 4 heterocycles. The summed E-state index contributed by atoms with van der Waals surface area (Å²) in [6.45, 7) is 14.2. The van der Waals surface area contributed by atoms with Crippen LogP contribution in [0.5, 0.6) is 11.5 Å². The number of hydrogen-bond acceptors (Lipinski definition) is 18. The van der Waals surface area contributed by atoms with Crippen molar-refractivity contribution in [1.29, 1.82) is 0 Å². The molecule has 92 heavy (non-hydrogen) atoms. The van der Waals surface area contributed by atoms with Gasteiger partial charge < -0.3 is 70.9 Å². The summed E-state index contributed by atoms with van der Waals surface area (Å²) in [7, 11) is 5.91. The van der Waals surface area contributed by atoms with Crippen LogP contribution in [0, 0.1) is 35.3 Å². The van der Waals surface area contributed by atoms with Crippen molar-refractivity contribution in [3.8, 4) is 11.5 Å². The van der Waals surface area contributed by atoms with E-state index in [1.165, 1.54) is 77.0 Å². The molecule has 2 aliphatic rings. The van der Waals surface area contributed by atoms with Crippen LogP contribution >= 0.6 is 0 Å². The molecule has 12 unspecified atom stereocenters. The van der Waals surface area contributed by atoms with Crippen molar-refractivity contribution in [2.45, 2.75) is 130 Å². The van der Waals surface area contributed by atoms with E-state index in [4.69, 9.17) is 44.9 Å². The van der Waals surface area contributed by atoms with Gasteiger partial charge in [0.25, 0.3) is 11.8 Å². The highest BCUT2D eigenvalue weighted by atomic mass is 19.1. The van der Waals surface area contributed by atoms with Gasteiger partial charge in [0.15, 0.2) is 12.2 Å². The van der Waals surface area contributed by atoms with E-state index in [-0.39, 0.29) is 41.1 Å². The van der Waals surface area contributed by atoms with E-state index in [0.29, 0.717) is 96.8 Å². The molecule has 0 fully saturated rings. The molecular formula is C68H82F2N8O14. The van der Waals surface area contributed by atoms with Crippen molar-refractivity contribution in [3.05, 3.63) is 142 Å². The lowest BCUT2D eigenvalue weighted by molar-refractivity contribution is -0.113. The van der Waals surface area contributed by atoms with Gasteiger partial charge in [0.05, 0.1) is 79.9 Å². The smallest absolute Gasteiger partial charge is 0.405 e. The summed E-state index contributed by atoms with van der Waals surface area (Å²) in [5.74, 6) is -3.47. The number of phenolic OH excluding ortho intramolecular Hbond substituents is 2. The predicted octanol–water partition coefficient (Wildman–Crippen LogP) is 10.2. The minimum Gasteiger partial charge on any atom is -0.505 e. The first-order valence-corrected chi connectivity index (χ1v) is 30.0. The Morgan fingerprint density at radius 2 is 0.913 bits per heavy atom. The van der Waals surface area contributed by atoms with Gasteiger partial charge >= 0.3 is 12.2 Å². The lowest BCUT2D eigenvalue weighted by atomic mass is 9.87. The van der Waals surface area contributed by atoms with Gasteiger partial charge in [-0.2, -0.15) is 0 Å². The number of halogens is 2. The number of aromatic nitrogens is 4. The lowest BCUT2D eigenvalue weighted by Crippen LogP contribution is -2.37. The van der Waals surface area contributed by atoms with Gasteiger partial charge in [-0.1, -0.05) is 76.3 Å². The highest BCUT2D eigenvalue weighted by Crippen LogP contribution is 2.40. The van der Waals surface area contributed by atoms with E-state index in [0.717, 1.165) is 0 Å². The van der Waals surface area contributed by atoms with Crippen molar-refractivity contribution in [3.63, 3.8) is 0 Å². The number of allylic oxidation sites excluding steroid dienone is 4. The van der Waals surface area contributed by atoms with E-state index in [1.54, 1.807) is 76.3 Å². The highest BCUT2D eigenvalue weighted by Gasteiger charge is 2.33. The van der Waals surface area contributed by atoms with Gasteiger partial charge in [0, 0.05) is 74.7 Å². The summed E-state index contributed by atoms with van der Waals surface area (Å²) >= 11 is 0. The van der Waals surface area contributed by atoms with Crippen LogP contribution in [0.15, 0.2) is 119 Å². The van der Waals surface area contributed by atoms with E-state index >= 15 is 0 Å². The first-order chi connectivity index (χ1) is 43.6. The first-order valence-electron chi connectivity index (χ1n) is 30.0. The standard InChI is InChI=1S/2C34H41FN4O7/c1-17-12-22-29-25(37-24-15-21(35)10-11-23(24)38-29)16-26(31(22)41)39-33(42)18(2)8-7-9-27(44-5)32(46-34(36)43)20(4)14-19(3)30(40)28(13-17)45-6;1-17-12-22-29-25(37-23-11-10-21(35)15-24(23)38-29)16-26(31(22)41)39-33(42)18(2)8-7-9-27(44-5)32(46-34(36)43)20(4)14-19(3)30(40)28(13-17)45-6/h2*7-11,14-17,19,27-28,30,32,40-41H,12-13H2,1-6H3,(H2,36,43)(H,39,42)/b2*9-7-,18-8+,20-14+. The maximum atomic E-state index is 14.1. The fraction of sp³-hybridized carbons (Fsp3) is 0.412. The zero-order valence-corrected chi connectivity index (χ0v) is 53.6. The third kappa shape index (κ3) is 17.4. The second kappa shape index (κ2) is 31.5. The summed E-state index contributed by atoms with van der Waals surface area (Å²) < 4.78 is 61.5. The van der Waals surface area contributed by atoms with Gasteiger partial charge in [0.1, 0.15) is 35.3 Å². The zero-order chi connectivity index (χ0) is 67.4. The number of nitrogens with zero attached hydrogens (tertiary/aromatic N) is 4. The van der Waals surface area contributed by atoms with Crippen LogP contribution in [-0.2, 0) is 50.9 Å². The largest absolute Gasteiger partial charge is 0.505 e. The molecular weight excluding hydrogens is 1190 g/mol. The van der Waals surface area contributed by atoms with Crippen molar-refractivity contribution >= 4 is 79.5 Å². The number of benzene rings is 4. The van der Waals surface area contributed by atoms with E-state index in [2.05, 4.69) is 25.6 Å². The number of nitrogens with one attached hydrogen (secondary N) is 2. The number of carbonyl (C=O) groups is 4. The van der Waals surface area contributed by atoms with Gasteiger partial charge in [-0.05, 0) is 113 Å². The summed E-state index contributed by atoms with van der Waals surface area (Å²) in [6, 6.07) is 11.2. The molecule has 6 aromatic rings. The van der Waals surface area contributed by atoms with Crippen LogP contribution in [0.2, 0.25) is 0 Å². The van der Waals surface area contributed by atoms with Crippen LogP contribution in [0.3, 0.4) is 0 Å². The molecule has 2 aliphatic heterocycles. The number of anilines is 2. The lowest BCUT2D eigenvalue weighted by Gasteiger charge is -2.29. The van der Waals surface area contributed by atoms with Crippen molar-refractivity contribution < 1.29 is 76.8 Å². The normalized spacial score (nSPS) is 28.1. The number of aromatic hydroxyl groups is 2. The minimum atomic E-state index is -0.995. The SMILES string of the molecule is COC1/C=C\C=C(/C)C(=O)Nc2cc3nc4cc(F)ccc4nc3c(c2O)CC(C)CC(OC)C(O)C(C)/C=C(\C)C1OC(N)=O.COC1/C=C\C=C(/C)C(=O)Nc2cc3nc4ccc(F)cc4nc3c(c2O)CC(C)CC(OC)C(O)C(C)/C=C(\C)C1OC(N)=O. The number of methoxy groups -OCH3 is 4. The number of primary amides is 2. The average molecular weight is 1270 g/mol. The Morgan fingerprint density at radius 3 is 1.29 bits per heavy atom. The van der Waals surface area contributed by atoms with E-state index < -0.39 is 96.3 Å². The Hall–Kier alpha value is -8.78. The van der Waals surface area contributed by atoms with Crippen molar-refractivity contribution in [2.24, 2.45) is 35.1 Å². The summed E-state index contributed by atoms with van der Waals surface area (Å²) in [6.07, 6.45) is 5.93. The predicted molar refractivity (Wildman–Crippen MR) is 345 cm³/mol. The Morgan fingerprint density at radius 1 is 0.543 bits per heavy atom. The Labute approximate surface area is 532 Å². The van der Waals surface area contributed by atoms with Crippen LogP contribution < -0.4 is 22.1 Å². The van der Waals surface area contributed by atoms with Crippen LogP contribution in [0.25, 0.3) is 44.1 Å². The summed E-state index contributed by atoms with van der Waals surface area (Å²) in [5.41, 5.74) is 16.7. The number of ether oxygens (including phenoxy) is 6. The van der Waals surface area contributed by atoms with Crippen molar-refractivity contribution in [2.75, 3.05) is 39.1 Å². The Bertz CT molecular complexity index is 3910. The molecule has 12 atom stereocenters. The molecule has 4 bridgehead atoms. The summed E-state index contributed by atoms with van der Waals surface area (Å²) in [4.78, 5) is 68.7. The molecule has 0 saturated heterocycles. The molecule has 0 spiro atoms. The number of rotatable bonds is 6. The maximum absolute atomic E-state index is 14.1. The number of aliphatic hydroxyl groups is 2. The van der Waals surface area contributed by atoms with Gasteiger partial charge in [0.2, 0.25) is 0 Å². The Balaban J connectivity index is 0.000000261. The third-order valence-electron chi connectivity index (χ3n) is 16.4. The molecule has 0 saturated carbocycles. The molecule has 492 valence electrons. The molecule has 8 rings (SSSR count). The Kier molecular flexibility index (Phi) is 24.2. The van der Waals surface area contributed by atoms with Gasteiger partial charge in [-0.3, -0.25) is 9.59 Å². The second-order valence-electron chi connectivity index (χ2n) is 23.6. The molecule has 10 N–H and O–H groups in total. The van der Waals surface area contributed by atoms with E-state index in [1.807, 2.05) is 27.7 Å². The average Bonchev–Trinajstić information content (AvgIpc) is 0.785. The number of amides is 4.